The fourth-order valence-corrected chi connectivity index (χ4v) is 3.15. The second-order valence-electron chi connectivity index (χ2n) is 6.89. The zero-order chi connectivity index (χ0) is 20.1. The lowest BCUT2D eigenvalue weighted by molar-refractivity contribution is -0.137. The molecule has 0 N–H and O–H groups in total. The lowest BCUT2D eigenvalue weighted by atomic mass is 9.84. The van der Waals surface area contributed by atoms with Gasteiger partial charge in [-0.1, -0.05) is 6.42 Å². The van der Waals surface area contributed by atoms with E-state index < -0.39 is 5.41 Å². The average Bonchev–Trinajstić information content (AvgIpc) is 2.96. The van der Waals surface area contributed by atoms with Crippen LogP contribution in [0.25, 0.3) is 0 Å². The lowest BCUT2D eigenvalue weighted by Crippen LogP contribution is -2.39. The number of Topliss-reactive ketones (excluding diaryl/α,β-unsaturated/α-hetero) is 1. The molecule has 7 heteroatoms. The number of methoxy groups -OCH3 is 1. The third kappa shape index (κ3) is 8.32. The SMILES string of the molecule is CCOCC(COC)(COCC)CC(=O)CCCCCN1C(=O)C=CC1=O. The van der Waals surface area contributed by atoms with E-state index in [1.54, 1.807) is 7.11 Å². The van der Waals surface area contributed by atoms with E-state index in [9.17, 15) is 14.4 Å². The van der Waals surface area contributed by atoms with Crippen LogP contribution in [-0.2, 0) is 28.6 Å². The van der Waals surface area contributed by atoms with Crippen molar-refractivity contribution in [2.75, 3.05) is 46.7 Å². The van der Waals surface area contributed by atoms with Crippen LogP contribution in [-0.4, -0.2) is 69.2 Å². The first-order chi connectivity index (χ1) is 13.0. The third-order valence-electron chi connectivity index (χ3n) is 4.49. The number of amides is 2. The Morgan fingerprint density at radius 3 is 2.07 bits per heavy atom. The highest BCUT2D eigenvalue weighted by molar-refractivity contribution is 6.12. The van der Waals surface area contributed by atoms with Gasteiger partial charge in [-0.2, -0.15) is 0 Å². The van der Waals surface area contributed by atoms with E-state index in [1.807, 2.05) is 13.8 Å². The molecule has 0 aromatic heterocycles. The van der Waals surface area contributed by atoms with Gasteiger partial charge in [0.15, 0.2) is 0 Å². The first-order valence-corrected chi connectivity index (χ1v) is 9.67. The van der Waals surface area contributed by atoms with Crippen molar-refractivity contribution in [3.05, 3.63) is 12.2 Å². The van der Waals surface area contributed by atoms with E-state index in [4.69, 9.17) is 14.2 Å². The summed E-state index contributed by atoms with van der Waals surface area (Å²) in [7, 11) is 1.62. The number of nitrogens with zero attached hydrogens (tertiary/aromatic N) is 1. The minimum absolute atomic E-state index is 0.154. The molecule has 27 heavy (non-hydrogen) atoms. The van der Waals surface area contributed by atoms with E-state index in [0.717, 1.165) is 12.8 Å². The van der Waals surface area contributed by atoms with Crippen LogP contribution in [0.3, 0.4) is 0 Å². The molecule has 0 aromatic rings. The summed E-state index contributed by atoms with van der Waals surface area (Å²) in [6, 6.07) is 0. The van der Waals surface area contributed by atoms with Crippen molar-refractivity contribution in [1.82, 2.24) is 4.90 Å². The van der Waals surface area contributed by atoms with Crippen molar-refractivity contribution in [2.45, 2.75) is 46.0 Å². The van der Waals surface area contributed by atoms with Crippen LogP contribution in [0.5, 0.6) is 0 Å². The van der Waals surface area contributed by atoms with E-state index in [0.29, 0.717) is 58.8 Å². The molecule has 154 valence electrons. The average molecular weight is 383 g/mol. The number of hydrogen-bond acceptors (Lipinski definition) is 6. The predicted octanol–water partition coefficient (Wildman–Crippen LogP) is 2.14. The van der Waals surface area contributed by atoms with Gasteiger partial charge in [0.05, 0.1) is 19.8 Å². The summed E-state index contributed by atoms with van der Waals surface area (Å²) in [5, 5.41) is 0. The molecule has 0 atom stereocenters. The summed E-state index contributed by atoms with van der Waals surface area (Å²) >= 11 is 0. The fourth-order valence-electron chi connectivity index (χ4n) is 3.15. The molecule has 0 fully saturated rings. The number of unbranched alkanes of at least 4 members (excludes halogenated alkanes) is 2. The zero-order valence-electron chi connectivity index (χ0n) is 16.8. The second kappa shape index (κ2) is 12.8. The molecule has 0 aliphatic carbocycles. The summed E-state index contributed by atoms with van der Waals surface area (Å²) in [6.07, 6.45) is 5.62. The van der Waals surface area contributed by atoms with E-state index >= 15 is 0 Å². The Hall–Kier alpha value is -1.57. The van der Waals surface area contributed by atoms with Gasteiger partial charge < -0.3 is 14.2 Å². The van der Waals surface area contributed by atoms with Gasteiger partial charge in [-0.15, -0.1) is 0 Å². The maximum atomic E-state index is 12.5. The molecule has 7 nitrogen and oxygen atoms in total. The Balaban J connectivity index is 2.39. The van der Waals surface area contributed by atoms with Crippen molar-refractivity contribution < 1.29 is 28.6 Å². The fraction of sp³-hybridized carbons (Fsp3) is 0.750. The highest BCUT2D eigenvalue weighted by Gasteiger charge is 2.33. The predicted molar refractivity (Wildman–Crippen MR) is 101 cm³/mol. The summed E-state index contributed by atoms with van der Waals surface area (Å²) in [4.78, 5) is 36.7. The van der Waals surface area contributed by atoms with E-state index in [1.165, 1.54) is 17.1 Å². The Kier molecular flexibility index (Phi) is 11.1. The van der Waals surface area contributed by atoms with Crippen molar-refractivity contribution in [3.63, 3.8) is 0 Å². The van der Waals surface area contributed by atoms with Gasteiger partial charge >= 0.3 is 0 Å². The molecule has 0 saturated carbocycles. The van der Waals surface area contributed by atoms with Crippen LogP contribution in [0.15, 0.2) is 12.2 Å². The molecule has 0 bridgehead atoms. The van der Waals surface area contributed by atoms with E-state index in [-0.39, 0.29) is 17.6 Å². The lowest BCUT2D eigenvalue weighted by Gasteiger charge is -2.32. The zero-order valence-corrected chi connectivity index (χ0v) is 16.8. The molecule has 0 radical (unpaired) electrons. The van der Waals surface area contributed by atoms with Gasteiger partial charge in [-0.05, 0) is 26.7 Å². The Morgan fingerprint density at radius 2 is 1.56 bits per heavy atom. The van der Waals surface area contributed by atoms with Crippen LogP contribution in [0.2, 0.25) is 0 Å². The molecule has 1 heterocycles. The highest BCUT2D eigenvalue weighted by Crippen LogP contribution is 2.26. The number of carbonyl (C=O) groups is 3. The summed E-state index contributed by atoms with van der Waals surface area (Å²) in [5.74, 6) is -0.360. The van der Waals surface area contributed by atoms with Crippen LogP contribution in [0.1, 0.15) is 46.0 Å². The van der Waals surface area contributed by atoms with Crippen molar-refractivity contribution in [1.29, 1.82) is 0 Å². The Bertz CT molecular complexity index is 491. The number of ether oxygens (including phenoxy) is 3. The third-order valence-corrected chi connectivity index (χ3v) is 4.49. The number of imide groups is 1. The minimum Gasteiger partial charge on any atom is -0.384 e. The smallest absolute Gasteiger partial charge is 0.253 e. The minimum atomic E-state index is -0.460. The standard InChI is InChI=1S/C20H33NO6/c1-4-26-15-20(14-25-3,16-27-5-2)13-17(22)9-7-6-8-12-21-18(23)10-11-19(21)24/h10-11H,4-9,12-16H2,1-3H3. The maximum absolute atomic E-state index is 12.5. The van der Waals surface area contributed by atoms with Gasteiger partial charge in [-0.25, -0.2) is 0 Å². The number of ketones is 1. The topological polar surface area (TPSA) is 82.1 Å². The van der Waals surface area contributed by atoms with E-state index in [2.05, 4.69) is 0 Å². The Labute approximate surface area is 162 Å². The number of hydrogen-bond donors (Lipinski definition) is 0. The second-order valence-corrected chi connectivity index (χ2v) is 6.89. The molecule has 1 aliphatic heterocycles. The van der Waals surface area contributed by atoms with Crippen molar-refractivity contribution in [3.8, 4) is 0 Å². The van der Waals surface area contributed by atoms with Gasteiger partial charge in [-0.3, -0.25) is 19.3 Å². The number of carbonyl (C=O) groups excluding carboxylic acids is 3. The molecule has 0 unspecified atom stereocenters. The monoisotopic (exact) mass is 383 g/mol. The first kappa shape index (κ1) is 23.5. The van der Waals surface area contributed by atoms with Gasteiger partial charge in [0.1, 0.15) is 5.78 Å². The molecule has 0 spiro atoms. The molecular formula is C20H33NO6. The quantitative estimate of drug-likeness (QED) is 0.300. The molecule has 1 rings (SSSR count). The molecule has 1 aliphatic rings. The normalized spacial score (nSPS) is 14.4. The molecular weight excluding hydrogens is 350 g/mol. The van der Waals surface area contributed by atoms with Crippen molar-refractivity contribution in [2.24, 2.45) is 5.41 Å². The summed E-state index contributed by atoms with van der Waals surface area (Å²) < 4.78 is 16.5. The molecule has 2 amide bonds. The molecule has 0 saturated heterocycles. The van der Waals surface area contributed by atoms with Crippen LogP contribution < -0.4 is 0 Å². The van der Waals surface area contributed by atoms with Gasteiger partial charge in [0.25, 0.3) is 11.8 Å². The maximum Gasteiger partial charge on any atom is 0.253 e. The highest BCUT2D eigenvalue weighted by atomic mass is 16.5. The summed E-state index contributed by atoms with van der Waals surface area (Å²) in [5.41, 5.74) is -0.460. The number of rotatable bonds is 16. The van der Waals surface area contributed by atoms with Crippen molar-refractivity contribution >= 4 is 17.6 Å². The van der Waals surface area contributed by atoms with Crippen LogP contribution in [0.4, 0.5) is 0 Å². The van der Waals surface area contributed by atoms with Gasteiger partial charge in [0, 0.05) is 57.3 Å². The largest absolute Gasteiger partial charge is 0.384 e. The summed E-state index contributed by atoms with van der Waals surface area (Å²) in [6.45, 7) is 6.66. The van der Waals surface area contributed by atoms with Gasteiger partial charge in [0.2, 0.25) is 0 Å². The first-order valence-electron chi connectivity index (χ1n) is 9.67. The Morgan fingerprint density at radius 1 is 0.963 bits per heavy atom. The molecule has 0 aromatic carbocycles. The van der Waals surface area contributed by atoms with Crippen LogP contribution in [0, 0.1) is 5.41 Å². The van der Waals surface area contributed by atoms with Crippen LogP contribution >= 0.6 is 0 Å².